The van der Waals surface area contributed by atoms with Gasteiger partial charge in [-0.15, -0.1) is 0 Å². The van der Waals surface area contributed by atoms with Gasteiger partial charge in [-0.1, -0.05) is 12.1 Å². The highest BCUT2D eigenvalue weighted by molar-refractivity contribution is 5.77. The van der Waals surface area contributed by atoms with Crippen LogP contribution < -0.4 is 5.32 Å². The number of urea groups is 1. The summed E-state index contributed by atoms with van der Waals surface area (Å²) in [6.45, 7) is 4.60. The van der Waals surface area contributed by atoms with Gasteiger partial charge in [-0.05, 0) is 31.5 Å². The molecular formula is C12H15FN2O. The lowest BCUT2D eigenvalue weighted by Gasteiger charge is -2.18. The Morgan fingerprint density at radius 1 is 1.38 bits per heavy atom. The van der Waals surface area contributed by atoms with E-state index in [1.807, 2.05) is 13.8 Å². The summed E-state index contributed by atoms with van der Waals surface area (Å²) < 4.78 is 12.8. The summed E-state index contributed by atoms with van der Waals surface area (Å²) in [6, 6.07) is 6.36. The van der Waals surface area contributed by atoms with Gasteiger partial charge in [0.25, 0.3) is 0 Å². The highest BCUT2D eigenvalue weighted by atomic mass is 19.1. The number of hydrogen-bond acceptors (Lipinski definition) is 1. The third kappa shape index (κ3) is 2.01. The van der Waals surface area contributed by atoms with E-state index >= 15 is 0 Å². The van der Waals surface area contributed by atoms with Crippen LogP contribution in [0.5, 0.6) is 0 Å². The molecule has 2 amide bonds. The molecule has 4 heteroatoms. The second kappa shape index (κ2) is 4.12. The standard InChI is InChI=1S/C12H15FN2O/c1-8(2)15-7-11(14-12(15)16)9-3-5-10(13)6-4-9/h3-6,8,11H,7H2,1-2H3,(H,14,16). The monoisotopic (exact) mass is 222 g/mol. The van der Waals surface area contributed by atoms with Crippen LogP contribution in [-0.2, 0) is 0 Å². The first kappa shape index (κ1) is 10.9. The van der Waals surface area contributed by atoms with Crippen LogP contribution in [0.15, 0.2) is 24.3 Å². The molecule has 1 N–H and O–H groups in total. The summed E-state index contributed by atoms with van der Waals surface area (Å²) in [5.74, 6) is -0.256. The van der Waals surface area contributed by atoms with Crippen LogP contribution in [0.1, 0.15) is 25.5 Å². The maximum Gasteiger partial charge on any atom is 0.318 e. The van der Waals surface area contributed by atoms with Crippen LogP contribution in [0.4, 0.5) is 9.18 Å². The second-order valence-electron chi connectivity index (χ2n) is 4.30. The molecule has 0 saturated carbocycles. The third-order valence-corrected chi connectivity index (χ3v) is 2.83. The molecule has 1 saturated heterocycles. The molecule has 1 aromatic rings. The predicted octanol–water partition coefficient (Wildman–Crippen LogP) is 2.30. The molecule has 0 aromatic heterocycles. The molecule has 1 heterocycles. The first-order chi connectivity index (χ1) is 7.58. The maximum absolute atomic E-state index is 12.8. The summed E-state index contributed by atoms with van der Waals surface area (Å²) >= 11 is 0. The van der Waals surface area contributed by atoms with Gasteiger partial charge in [-0.25, -0.2) is 9.18 Å². The SMILES string of the molecule is CC(C)N1CC(c2ccc(F)cc2)NC1=O. The Morgan fingerprint density at radius 3 is 2.50 bits per heavy atom. The highest BCUT2D eigenvalue weighted by Crippen LogP contribution is 2.21. The van der Waals surface area contributed by atoms with E-state index in [-0.39, 0.29) is 23.9 Å². The molecule has 3 nitrogen and oxygen atoms in total. The minimum atomic E-state index is -0.256. The molecule has 0 aliphatic carbocycles. The van der Waals surface area contributed by atoms with Gasteiger partial charge in [0.1, 0.15) is 5.82 Å². The average molecular weight is 222 g/mol. The van der Waals surface area contributed by atoms with E-state index in [0.29, 0.717) is 6.54 Å². The van der Waals surface area contributed by atoms with E-state index in [1.54, 1.807) is 17.0 Å². The highest BCUT2D eigenvalue weighted by Gasteiger charge is 2.30. The fourth-order valence-electron chi connectivity index (χ4n) is 1.89. The number of nitrogens with zero attached hydrogens (tertiary/aromatic N) is 1. The summed E-state index contributed by atoms with van der Waals surface area (Å²) in [5, 5.41) is 2.89. The number of amides is 2. The van der Waals surface area contributed by atoms with Crippen molar-refractivity contribution in [2.75, 3.05) is 6.54 Å². The van der Waals surface area contributed by atoms with Crippen LogP contribution in [0.3, 0.4) is 0 Å². The topological polar surface area (TPSA) is 32.3 Å². The van der Waals surface area contributed by atoms with Crippen molar-refractivity contribution in [2.45, 2.75) is 25.9 Å². The van der Waals surface area contributed by atoms with Crippen molar-refractivity contribution in [1.82, 2.24) is 10.2 Å². The van der Waals surface area contributed by atoms with E-state index in [4.69, 9.17) is 0 Å². The number of carbonyl (C=O) groups excluding carboxylic acids is 1. The van der Waals surface area contributed by atoms with Gasteiger partial charge in [-0.2, -0.15) is 0 Å². The summed E-state index contributed by atoms with van der Waals surface area (Å²) in [7, 11) is 0. The lowest BCUT2D eigenvalue weighted by molar-refractivity contribution is 0.206. The molecule has 1 fully saturated rings. The minimum absolute atomic E-state index is 0.0319. The number of hydrogen-bond donors (Lipinski definition) is 1. The third-order valence-electron chi connectivity index (χ3n) is 2.83. The van der Waals surface area contributed by atoms with E-state index in [2.05, 4.69) is 5.32 Å². The predicted molar refractivity (Wildman–Crippen MR) is 59.5 cm³/mol. The summed E-state index contributed by atoms with van der Waals surface area (Å²) in [5.41, 5.74) is 0.943. The van der Waals surface area contributed by atoms with Crippen molar-refractivity contribution in [3.8, 4) is 0 Å². The largest absolute Gasteiger partial charge is 0.329 e. The van der Waals surface area contributed by atoms with E-state index in [9.17, 15) is 9.18 Å². The molecule has 86 valence electrons. The van der Waals surface area contributed by atoms with Crippen molar-refractivity contribution < 1.29 is 9.18 Å². The molecule has 1 unspecified atom stereocenters. The molecule has 2 rings (SSSR count). The summed E-state index contributed by atoms with van der Waals surface area (Å²) in [4.78, 5) is 13.4. The molecule has 16 heavy (non-hydrogen) atoms. The van der Waals surface area contributed by atoms with Gasteiger partial charge < -0.3 is 10.2 Å². The zero-order valence-electron chi connectivity index (χ0n) is 9.40. The van der Waals surface area contributed by atoms with Crippen LogP contribution >= 0.6 is 0 Å². The van der Waals surface area contributed by atoms with Gasteiger partial charge in [0.05, 0.1) is 6.04 Å². The number of nitrogens with one attached hydrogen (secondary N) is 1. The van der Waals surface area contributed by atoms with Crippen molar-refractivity contribution in [3.05, 3.63) is 35.6 Å². The van der Waals surface area contributed by atoms with Crippen molar-refractivity contribution in [1.29, 1.82) is 0 Å². The lowest BCUT2D eigenvalue weighted by Crippen LogP contribution is -2.33. The van der Waals surface area contributed by atoms with Gasteiger partial charge in [0, 0.05) is 12.6 Å². The Labute approximate surface area is 94.3 Å². The van der Waals surface area contributed by atoms with Crippen LogP contribution in [-0.4, -0.2) is 23.5 Å². The first-order valence-electron chi connectivity index (χ1n) is 5.40. The smallest absolute Gasteiger partial charge is 0.318 e. The minimum Gasteiger partial charge on any atom is -0.329 e. The fraction of sp³-hybridized carbons (Fsp3) is 0.417. The van der Waals surface area contributed by atoms with Gasteiger partial charge in [0.15, 0.2) is 0 Å². The maximum atomic E-state index is 12.8. The molecule has 0 bridgehead atoms. The van der Waals surface area contributed by atoms with Crippen LogP contribution in [0, 0.1) is 5.82 Å². The zero-order valence-corrected chi connectivity index (χ0v) is 9.40. The molecular weight excluding hydrogens is 207 g/mol. The fourth-order valence-corrected chi connectivity index (χ4v) is 1.89. The molecule has 0 spiro atoms. The van der Waals surface area contributed by atoms with Crippen LogP contribution in [0.25, 0.3) is 0 Å². The number of benzene rings is 1. The summed E-state index contributed by atoms with van der Waals surface area (Å²) in [6.07, 6.45) is 0. The Hall–Kier alpha value is -1.58. The molecule has 1 aromatic carbocycles. The normalized spacial score (nSPS) is 20.4. The van der Waals surface area contributed by atoms with Gasteiger partial charge >= 0.3 is 6.03 Å². The molecule has 1 aliphatic heterocycles. The lowest BCUT2D eigenvalue weighted by atomic mass is 10.1. The number of carbonyl (C=O) groups is 1. The van der Waals surface area contributed by atoms with Gasteiger partial charge in [0.2, 0.25) is 0 Å². The average Bonchev–Trinajstić information content (AvgIpc) is 2.61. The number of rotatable bonds is 2. The Balaban J connectivity index is 2.13. The Kier molecular flexibility index (Phi) is 2.81. The second-order valence-corrected chi connectivity index (χ2v) is 4.30. The first-order valence-corrected chi connectivity index (χ1v) is 5.40. The molecule has 1 aliphatic rings. The van der Waals surface area contributed by atoms with Crippen LogP contribution in [0.2, 0.25) is 0 Å². The van der Waals surface area contributed by atoms with E-state index in [1.165, 1.54) is 12.1 Å². The molecule has 1 atom stereocenters. The Morgan fingerprint density at radius 2 is 2.00 bits per heavy atom. The zero-order chi connectivity index (χ0) is 11.7. The van der Waals surface area contributed by atoms with Gasteiger partial charge in [-0.3, -0.25) is 0 Å². The van der Waals surface area contributed by atoms with Crippen molar-refractivity contribution in [2.24, 2.45) is 0 Å². The van der Waals surface area contributed by atoms with Crippen molar-refractivity contribution in [3.63, 3.8) is 0 Å². The van der Waals surface area contributed by atoms with E-state index in [0.717, 1.165) is 5.56 Å². The van der Waals surface area contributed by atoms with Crippen molar-refractivity contribution >= 4 is 6.03 Å². The molecule has 0 radical (unpaired) electrons. The Bertz CT molecular complexity index is 389. The quantitative estimate of drug-likeness (QED) is 0.818. The van der Waals surface area contributed by atoms with E-state index < -0.39 is 0 Å². The number of halogens is 1.